The third-order valence-electron chi connectivity index (χ3n) is 3.41. The molecule has 3 heterocycles. The first-order valence-corrected chi connectivity index (χ1v) is 7.04. The lowest BCUT2D eigenvalue weighted by molar-refractivity contribution is 0.664. The summed E-state index contributed by atoms with van der Waals surface area (Å²) in [7, 11) is 0. The van der Waals surface area contributed by atoms with Gasteiger partial charge in [-0.15, -0.1) is 17.0 Å². The molecule has 0 saturated carbocycles. The van der Waals surface area contributed by atoms with E-state index in [9.17, 15) is 0 Å². The first-order valence-electron chi connectivity index (χ1n) is 7.04. The third-order valence-corrected chi connectivity index (χ3v) is 3.41. The molecule has 3 aromatic rings. The normalized spacial score (nSPS) is 10.8. The van der Waals surface area contributed by atoms with Gasteiger partial charge in [0.05, 0.1) is 18.7 Å². The Balaban J connectivity index is 0.00000161. The highest BCUT2D eigenvalue weighted by molar-refractivity contribution is 8.93. The molecule has 1 N–H and O–H groups in total. The SMILES string of the molecule is Br.CCCCc1ncc(-c2ncc3[nH]cnc3n2)n1CC. The maximum atomic E-state index is 4.52. The molecule has 0 bridgehead atoms. The number of H-pyrrole nitrogens is 1. The summed E-state index contributed by atoms with van der Waals surface area (Å²) >= 11 is 0. The van der Waals surface area contributed by atoms with Gasteiger partial charge in [-0.2, -0.15) is 0 Å². The standard InChI is InChI=1S/C14H18N6.BrH/c1-3-5-6-12-15-8-11(20(12)4-2)14-16-7-10-13(19-14)18-9-17-10;/h7-9H,3-6H2,1-2H3,(H,16,17,18,19);1H. The topological polar surface area (TPSA) is 72.3 Å². The molecule has 0 unspecified atom stereocenters. The minimum absolute atomic E-state index is 0. The lowest BCUT2D eigenvalue weighted by Gasteiger charge is -2.08. The molecule has 21 heavy (non-hydrogen) atoms. The molecular weight excluding hydrogens is 332 g/mol. The second-order valence-electron chi connectivity index (χ2n) is 4.74. The minimum Gasteiger partial charge on any atom is -0.342 e. The second-order valence-corrected chi connectivity index (χ2v) is 4.74. The summed E-state index contributed by atoms with van der Waals surface area (Å²) in [6, 6.07) is 0. The van der Waals surface area contributed by atoms with Crippen molar-refractivity contribution in [1.82, 2.24) is 29.5 Å². The van der Waals surface area contributed by atoms with Crippen LogP contribution in [0.5, 0.6) is 0 Å². The van der Waals surface area contributed by atoms with Crippen LogP contribution in [0.4, 0.5) is 0 Å². The highest BCUT2D eigenvalue weighted by Crippen LogP contribution is 2.19. The number of imidazole rings is 2. The minimum atomic E-state index is 0. The van der Waals surface area contributed by atoms with Gasteiger partial charge in [-0.3, -0.25) is 0 Å². The highest BCUT2D eigenvalue weighted by atomic mass is 79.9. The van der Waals surface area contributed by atoms with Gasteiger partial charge in [0.2, 0.25) is 0 Å². The summed E-state index contributed by atoms with van der Waals surface area (Å²) in [4.78, 5) is 20.6. The predicted octanol–water partition coefficient (Wildman–Crippen LogP) is 3.16. The summed E-state index contributed by atoms with van der Waals surface area (Å²) in [5.41, 5.74) is 2.50. The van der Waals surface area contributed by atoms with E-state index >= 15 is 0 Å². The van der Waals surface area contributed by atoms with Gasteiger partial charge in [-0.25, -0.2) is 19.9 Å². The fourth-order valence-electron chi connectivity index (χ4n) is 2.34. The lowest BCUT2D eigenvalue weighted by Crippen LogP contribution is -2.05. The van der Waals surface area contributed by atoms with Crippen LogP contribution in [0, 0.1) is 0 Å². The molecule has 112 valence electrons. The number of nitrogens with zero attached hydrogens (tertiary/aromatic N) is 5. The van der Waals surface area contributed by atoms with Crippen LogP contribution in [0.25, 0.3) is 22.7 Å². The van der Waals surface area contributed by atoms with E-state index in [4.69, 9.17) is 0 Å². The molecule has 3 aromatic heterocycles. The summed E-state index contributed by atoms with van der Waals surface area (Å²) in [6.45, 7) is 5.18. The molecule has 0 atom stereocenters. The van der Waals surface area contributed by atoms with Crippen molar-refractivity contribution in [1.29, 1.82) is 0 Å². The maximum absolute atomic E-state index is 4.52. The average Bonchev–Trinajstić information content (AvgIpc) is 3.10. The number of nitrogens with one attached hydrogen (secondary N) is 1. The number of fused-ring (bicyclic) bond motifs is 1. The van der Waals surface area contributed by atoms with Crippen molar-refractivity contribution in [2.24, 2.45) is 0 Å². The van der Waals surface area contributed by atoms with E-state index in [-0.39, 0.29) is 17.0 Å². The van der Waals surface area contributed by atoms with Crippen molar-refractivity contribution in [2.75, 3.05) is 0 Å². The Kier molecular flexibility index (Phi) is 5.06. The third kappa shape index (κ3) is 2.97. The van der Waals surface area contributed by atoms with E-state index in [1.165, 1.54) is 6.42 Å². The molecule has 0 spiro atoms. The van der Waals surface area contributed by atoms with Gasteiger partial charge in [0.15, 0.2) is 11.5 Å². The number of hydrogen-bond acceptors (Lipinski definition) is 4. The molecule has 6 nitrogen and oxygen atoms in total. The first-order chi connectivity index (χ1) is 9.83. The Labute approximate surface area is 133 Å². The summed E-state index contributed by atoms with van der Waals surface area (Å²) < 4.78 is 2.18. The van der Waals surface area contributed by atoms with E-state index in [1.807, 2.05) is 6.20 Å². The maximum Gasteiger partial charge on any atom is 0.181 e. The quantitative estimate of drug-likeness (QED) is 0.766. The van der Waals surface area contributed by atoms with E-state index < -0.39 is 0 Å². The number of halogens is 1. The second kappa shape index (κ2) is 6.80. The van der Waals surface area contributed by atoms with Gasteiger partial charge < -0.3 is 9.55 Å². The molecule has 3 rings (SSSR count). The van der Waals surface area contributed by atoms with Crippen LogP contribution >= 0.6 is 17.0 Å². The van der Waals surface area contributed by atoms with Crippen LogP contribution in [-0.2, 0) is 13.0 Å². The number of unbranched alkanes of at least 4 members (excludes halogenated alkanes) is 1. The Morgan fingerprint density at radius 1 is 1.14 bits per heavy atom. The Bertz CT molecular complexity index is 717. The molecular formula is C14H19BrN6. The molecule has 0 saturated heterocycles. The van der Waals surface area contributed by atoms with E-state index in [0.29, 0.717) is 11.5 Å². The number of aryl methyl sites for hydroxylation is 1. The molecule has 0 aromatic carbocycles. The lowest BCUT2D eigenvalue weighted by atomic mass is 10.2. The first kappa shape index (κ1) is 15.6. The van der Waals surface area contributed by atoms with Crippen molar-refractivity contribution < 1.29 is 0 Å². The number of rotatable bonds is 5. The zero-order valence-corrected chi connectivity index (χ0v) is 13.9. The van der Waals surface area contributed by atoms with Gasteiger partial charge in [-0.05, 0) is 13.3 Å². The molecule has 0 aliphatic carbocycles. The van der Waals surface area contributed by atoms with Gasteiger partial charge in [0.25, 0.3) is 0 Å². The molecule has 0 amide bonds. The van der Waals surface area contributed by atoms with Gasteiger partial charge in [0.1, 0.15) is 17.0 Å². The molecule has 0 aliphatic heterocycles. The van der Waals surface area contributed by atoms with E-state index in [2.05, 4.69) is 43.3 Å². The van der Waals surface area contributed by atoms with Gasteiger partial charge >= 0.3 is 0 Å². The fourth-order valence-corrected chi connectivity index (χ4v) is 2.34. The number of hydrogen-bond donors (Lipinski definition) is 1. The number of aromatic amines is 1. The van der Waals surface area contributed by atoms with Crippen molar-refractivity contribution in [2.45, 2.75) is 39.7 Å². The smallest absolute Gasteiger partial charge is 0.181 e. The molecule has 0 radical (unpaired) electrons. The van der Waals surface area contributed by atoms with Crippen LogP contribution in [0.3, 0.4) is 0 Å². The zero-order chi connectivity index (χ0) is 13.9. The summed E-state index contributed by atoms with van der Waals surface area (Å²) in [5.74, 6) is 1.79. The van der Waals surface area contributed by atoms with Gasteiger partial charge in [0, 0.05) is 13.0 Å². The highest BCUT2D eigenvalue weighted by Gasteiger charge is 2.13. The van der Waals surface area contributed by atoms with Crippen molar-refractivity contribution in [3.63, 3.8) is 0 Å². The summed E-state index contributed by atoms with van der Waals surface area (Å²) in [6.07, 6.45) is 8.57. The molecule has 0 fully saturated rings. The Hall–Kier alpha value is -1.76. The van der Waals surface area contributed by atoms with E-state index in [0.717, 1.165) is 36.4 Å². The molecule has 0 aliphatic rings. The van der Waals surface area contributed by atoms with Crippen LogP contribution in [0.15, 0.2) is 18.7 Å². The zero-order valence-electron chi connectivity index (χ0n) is 12.2. The summed E-state index contributed by atoms with van der Waals surface area (Å²) in [5, 5.41) is 0. The predicted molar refractivity (Wildman–Crippen MR) is 87.5 cm³/mol. The van der Waals surface area contributed by atoms with Crippen molar-refractivity contribution >= 4 is 28.1 Å². The van der Waals surface area contributed by atoms with Crippen molar-refractivity contribution in [3.05, 3.63) is 24.5 Å². The molecule has 7 heteroatoms. The average molecular weight is 351 g/mol. The fraction of sp³-hybridized carbons (Fsp3) is 0.429. The Morgan fingerprint density at radius 2 is 2.00 bits per heavy atom. The van der Waals surface area contributed by atoms with Crippen molar-refractivity contribution in [3.8, 4) is 11.5 Å². The monoisotopic (exact) mass is 350 g/mol. The van der Waals surface area contributed by atoms with Crippen LogP contribution in [0.2, 0.25) is 0 Å². The van der Waals surface area contributed by atoms with Crippen LogP contribution in [-0.4, -0.2) is 29.5 Å². The van der Waals surface area contributed by atoms with Gasteiger partial charge in [-0.1, -0.05) is 13.3 Å². The largest absolute Gasteiger partial charge is 0.342 e. The Morgan fingerprint density at radius 3 is 2.76 bits per heavy atom. The van der Waals surface area contributed by atoms with Crippen LogP contribution < -0.4 is 0 Å². The number of aromatic nitrogens is 6. The van der Waals surface area contributed by atoms with Crippen LogP contribution in [0.1, 0.15) is 32.5 Å². The van der Waals surface area contributed by atoms with E-state index in [1.54, 1.807) is 12.5 Å².